The number of halogens is 1. The SMILES string of the molecule is COc1cccc(NC(=O)c2cc(Nc3cccc(F)c3)nc(C)n2)c1. The topological polar surface area (TPSA) is 76.1 Å². The Bertz CT molecular complexity index is 946. The predicted octanol–water partition coefficient (Wildman–Crippen LogP) is 3.93. The second-order valence-corrected chi connectivity index (χ2v) is 5.51. The van der Waals surface area contributed by atoms with Gasteiger partial charge in [0, 0.05) is 23.5 Å². The maximum absolute atomic E-state index is 13.3. The summed E-state index contributed by atoms with van der Waals surface area (Å²) in [5.74, 6) is 0.707. The number of aryl methyl sites for hydroxylation is 1. The molecular formula is C19H17FN4O2. The van der Waals surface area contributed by atoms with Crippen LogP contribution >= 0.6 is 0 Å². The smallest absolute Gasteiger partial charge is 0.274 e. The Morgan fingerprint density at radius 2 is 1.81 bits per heavy atom. The highest BCUT2D eigenvalue weighted by Gasteiger charge is 2.12. The molecule has 0 fully saturated rings. The molecule has 0 radical (unpaired) electrons. The number of ether oxygens (including phenoxy) is 1. The van der Waals surface area contributed by atoms with Crippen LogP contribution < -0.4 is 15.4 Å². The number of nitrogens with zero attached hydrogens (tertiary/aromatic N) is 2. The number of rotatable bonds is 5. The van der Waals surface area contributed by atoms with Crippen LogP contribution in [0.25, 0.3) is 0 Å². The summed E-state index contributed by atoms with van der Waals surface area (Å²) in [5, 5.41) is 5.74. The van der Waals surface area contributed by atoms with Gasteiger partial charge in [-0.05, 0) is 37.3 Å². The summed E-state index contributed by atoms with van der Waals surface area (Å²) < 4.78 is 18.5. The molecule has 132 valence electrons. The van der Waals surface area contributed by atoms with Crippen LogP contribution in [0.1, 0.15) is 16.3 Å². The number of methoxy groups -OCH3 is 1. The van der Waals surface area contributed by atoms with Crippen LogP contribution in [-0.4, -0.2) is 23.0 Å². The maximum Gasteiger partial charge on any atom is 0.274 e. The Kier molecular flexibility index (Phi) is 5.07. The van der Waals surface area contributed by atoms with Gasteiger partial charge in [0.1, 0.15) is 28.9 Å². The molecule has 0 aliphatic carbocycles. The molecule has 0 aliphatic heterocycles. The second kappa shape index (κ2) is 7.60. The quantitative estimate of drug-likeness (QED) is 0.728. The third-order valence-corrected chi connectivity index (χ3v) is 3.50. The molecule has 6 nitrogen and oxygen atoms in total. The first kappa shape index (κ1) is 17.3. The van der Waals surface area contributed by atoms with Crippen molar-refractivity contribution in [2.75, 3.05) is 17.7 Å². The summed E-state index contributed by atoms with van der Waals surface area (Å²) >= 11 is 0. The first-order valence-electron chi connectivity index (χ1n) is 7.87. The highest BCUT2D eigenvalue weighted by atomic mass is 19.1. The van der Waals surface area contributed by atoms with Crippen LogP contribution in [0.2, 0.25) is 0 Å². The van der Waals surface area contributed by atoms with E-state index in [2.05, 4.69) is 20.6 Å². The Morgan fingerprint density at radius 1 is 1.04 bits per heavy atom. The van der Waals surface area contributed by atoms with Crippen molar-refractivity contribution in [3.63, 3.8) is 0 Å². The largest absolute Gasteiger partial charge is 0.497 e. The molecule has 3 rings (SSSR count). The van der Waals surface area contributed by atoms with E-state index in [4.69, 9.17) is 4.74 Å². The normalized spacial score (nSPS) is 10.3. The van der Waals surface area contributed by atoms with Crippen molar-refractivity contribution in [1.82, 2.24) is 9.97 Å². The van der Waals surface area contributed by atoms with Crippen LogP contribution in [0.15, 0.2) is 54.6 Å². The van der Waals surface area contributed by atoms with Gasteiger partial charge in [-0.1, -0.05) is 12.1 Å². The van der Waals surface area contributed by atoms with Gasteiger partial charge in [0.2, 0.25) is 0 Å². The number of anilines is 3. The molecule has 0 spiro atoms. The van der Waals surface area contributed by atoms with Gasteiger partial charge < -0.3 is 15.4 Å². The fourth-order valence-corrected chi connectivity index (χ4v) is 2.36. The molecule has 1 amide bonds. The summed E-state index contributed by atoms with van der Waals surface area (Å²) in [5.41, 5.74) is 1.31. The number of hydrogen-bond acceptors (Lipinski definition) is 5. The molecule has 0 aliphatic rings. The van der Waals surface area contributed by atoms with Crippen molar-refractivity contribution in [1.29, 1.82) is 0 Å². The van der Waals surface area contributed by atoms with Crippen molar-refractivity contribution in [3.8, 4) is 5.75 Å². The number of carbonyl (C=O) groups is 1. The highest BCUT2D eigenvalue weighted by molar-refractivity contribution is 6.03. The molecule has 0 saturated carbocycles. The summed E-state index contributed by atoms with van der Waals surface area (Å²) in [4.78, 5) is 20.9. The predicted molar refractivity (Wildman–Crippen MR) is 97.4 cm³/mol. The number of nitrogens with one attached hydrogen (secondary N) is 2. The summed E-state index contributed by atoms with van der Waals surface area (Å²) in [6, 6.07) is 14.5. The summed E-state index contributed by atoms with van der Waals surface area (Å²) in [6.07, 6.45) is 0. The molecule has 7 heteroatoms. The summed E-state index contributed by atoms with van der Waals surface area (Å²) in [6.45, 7) is 1.68. The Morgan fingerprint density at radius 3 is 2.58 bits per heavy atom. The third kappa shape index (κ3) is 4.32. The van der Waals surface area contributed by atoms with Gasteiger partial charge >= 0.3 is 0 Å². The molecule has 1 aromatic heterocycles. The molecule has 1 heterocycles. The van der Waals surface area contributed by atoms with Crippen LogP contribution in [-0.2, 0) is 0 Å². The second-order valence-electron chi connectivity index (χ2n) is 5.51. The highest BCUT2D eigenvalue weighted by Crippen LogP contribution is 2.19. The van der Waals surface area contributed by atoms with E-state index < -0.39 is 0 Å². The van der Waals surface area contributed by atoms with E-state index in [1.54, 1.807) is 50.4 Å². The van der Waals surface area contributed by atoms with Crippen molar-refractivity contribution in [2.24, 2.45) is 0 Å². The minimum atomic E-state index is -0.383. The van der Waals surface area contributed by atoms with Crippen molar-refractivity contribution in [3.05, 3.63) is 71.9 Å². The lowest BCUT2D eigenvalue weighted by Gasteiger charge is -2.10. The molecule has 3 aromatic rings. The third-order valence-electron chi connectivity index (χ3n) is 3.50. The first-order chi connectivity index (χ1) is 12.5. The van der Waals surface area contributed by atoms with E-state index in [1.165, 1.54) is 18.2 Å². The molecule has 0 bridgehead atoms. The van der Waals surface area contributed by atoms with E-state index in [1.807, 2.05) is 0 Å². The van der Waals surface area contributed by atoms with Crippen molar-refractivity contribution < 1.29 is 13.9 Å². The van der Waals surface area contributed by atoms with Crippen LogP contribution in [0.4, 0.5) is 21.6 Å². The van der Waals surface area contributed by atoms with Gasteiger partial charge in [-0.3, -0.25) is 4.79 Å². The molecule has 26 heavy (non-hydrogen) atoms. The Labute approximate surface area is 150 Å². The van der Waals surface area contributed by atoms with Crippen LogP contribution in [0, 0.1) is 12.7 Å². The Balaban J connectivity index is 1.81. The number of benzene rings is 2. The molecule has 0 unspecified atom stereocenters. The Hall–Kier alpha value is -3.48. The average Bonchev–Trinajstić information content (AvgIpc) is 2.61. The standard InChI is InChI=1S/C19H17FN4O2/c1-12-21-17(19(25)24-15-7-4-8-16(10-15)26-2)11-18(22-12)23-14-6-3-5-13(20)9-14/h3-11H,1-2H3,(H,24,25)(H,21,22,23). The molecule has 2 N–H and O–H groups in total. The van der Waals surface area contributed by atoms with E-state index >= 15 is 0 Å². The molecule has 0 saturated heterocycles. The fraction of sp³-hybridized carbons (Fsp3) is 0.105. The number of aromatic nitrogens is 2. The zero-order chi connectivity index (χ0) is 18.5. The minimum absolute atomic E-state index is 0.194. The fourth-order valence-electron chi connectivity index (χ4n) is 2.36. The number of hydrogen-bond donors (Lipinski definition) is 2. The average molecular weight is 352 g/mol. The lowest BCUT2D eigenvalue weighted by atomic mass is 10.2. The molecular weight excluding hydrogens is 335 g/mol. The lowest BCUT2D eigenvalue weighted by Crippen LogP contribution is -2.15. The van der Waals surface area contributed by atoms with Crippen molar-refractivity contribution in [2.45, 2.75) is 6.92 Å². The van der Waals surface area contributed by atoms with Crippen LogP contribution in [0.5, 0.6) is 5.75 Å². The van der Waals surface area contributed by atoms with Gasteiger partial charge in [0.25, 0.3) is 5.91 Å². The van der Waals surface area contributed by atoms with Gasteiger partial charge in [-0.2, -0.15) is 0 Å². The maximum atomic E-state index is 13.3. The van der Waals surface area contributed by atoms with Gasteiger partial charge in [0.05, 0.1) is 7.11 Å². The van der Waals surface area contributed by atoms with E-state index in [-0.39, 0.29) is 17.4 Å². The summed E-state index contributed by atoms with van der Waals surface area (Å²) in [7, 11) is 1.55. The van der Waals surface area contributed by atoms with E-state index in [0.717, 1.165) is 0 Å². The van der Waals surface area contributed by atoms with E-state index in [0.29, 0.717) is 28.8 Å². The monoisotopic (exact) mass is 352 g/mol. The first-order valence-corrected chi connectivity index (χ1v) is 7.87. The zero-order valence-corrected chi connectivity index (χ0v) is 14.3. The van der Waals surface area contributed by atoms with Gasteiger partial charge in [-0.25, -0.2) is 14.4 Å². The van der Waals surface area contributed by atoms with E-state index in [9.17, 15) is 9.18 Å². The number of carbonyl (C=O) groups excluding carboxylic acids is 1. The van der Waals surface area contributed by atoms with Gasteiger partial charge in [0.15, 0.2) is 0 Å². The zero-order valence-electron chi connectivity index (χ0n) is 14.3. The van der Waals surface area contributed by atoms with Crippen LogP contribution in [0.3, 0.4) is 0 Å². The minimum Gasteiger partial charge on any atom is -0.497 e. The number of amides is 1. The van der Waals surface area contributed by atoms with Gasteiger partial charge in [-0.15, -0.1) is 0 Å². The lowest BCUT2D eigenvalue weighted by molar-refractivity contribution is 0.102. The van der Waals surface area contributed by atoms with Crippen molar-refractivity contribution >= 4 is 23.1 Å². The molecule has 0 atom stereocenters. The molecule has 2 aromatic carbocycles.